The number of hydrogen-bond acceptors (Lipinski definition) is 3. The fourth-order valence-electron chi connectivity index (χ4n) is 1.75. The van der Waals surface area contributed by atoms with Crippen LogP contribution >= 0.6 is 0 Å². The van der Waals surface area contributed by atoms with Gasteiger partial charge in [0.1, 0.15) is 5.82 Å². The zero-order chi connectivity index (χ0) is 14.4. The molecule has 1 aromatic carbocycles. The first-order valence-corrected chi connectivity index (χ1v) is 6.34. The van der Waals surface area contributed by atoms with Gasteiger partial charge in [-0.3, -0.25) is 9.78 Å². The highest BCUT2D eigenvalue weighted by atomic mass is 19.1. The molecule has 104 valence electrons. The van der Waals surface area contributed by atoms with Gasteiger partial charge in [-0.15, -0.1) is 0 Å². The van der Waals surface area contributed by atoms with Gasteiger partial charge in [0.25, 0.3) is 0 Å². The summed E-state index contributed by atoms with van der Waals surface area (Å²) in [6.07, 6.45) is 3.43. The van der Waals surface area contributed by atoms with E-state index in [1.54, 1.807) is 12.4 Å². The van der Waals surface area contributed by atoms with E-state index >= 15 is 0 Å². The normalized spacial score (nSPS) is 11.9. The number of benzene rings is 1. The number of rotatable bonds is 5. The van der Waals surface area contributed by atoms with Crippen LogP contribution in [0.1, 0.15) is 18.5 Å². The highest BCUT2D eigenvalue weighted by Gasteiger charge is 2.07. The zero-order valence-electron chi connectivity index (χ0n) is 11.1. The van der Waals surface area contributed by atoms with Gasteiger partial charge in [0.2, 0.25) is 5.91 Å². The molecule has 0 saturated heterocycles. The standard InChI is InChI=1S/C15H16FN3O/c1-11(12-6-8-17-9-7-12)18-10-15(20)19-14-4-2-13(16)3-5-14/h2-9,11,18H,10H2,1H3,(H,19,20)/t11-/m1/s1. The quantitative estimate of drug-likeness (QED) is 0.880. The summed E-state index contributed by atoms with van der Waals surface area (Å²) in [7, 11) is 0. The van der Waals surface area contributed by atoms with Crippen molar-refractivity contribution in [2.75, 3.05) is 11.9 Å². The lowest BCUT2D eigenvalue weighted by atomic mass is 10.1. The number of carbonyl (C=O) groups excluding carboxylic acids is 1. The molecule has 2 rings (SSSR count). The molecule has 2 aromatic rings. The Balaban J connectivity index is 1.82. The lowest BCUT2D eigenvalue weighted by molar-refractivity contribution is -0.115. The number of carbonyl (C=O) groups is 1. The average Bonchev–Trinajstić information content (AvgIpc) is 2.48. The lowest BCUT2D eigenvalue weighted by Gasteiger charge is -2.13. The summed E-state index contributed by atoms with van der Waals surface area (Å²) in [5.41, 5.74) is 1.64. The molecule has 0 fully saturated rings. The molecule has 1 amide bonds. The van der Waals surface area contributed by atoms with Gasteiger partial charge in [-0.2, -0.15) is 0 Å². The molecule has 0 aliphatic carbocycles. The van der Waals surface area contributed by atoms with Gasteiger partial charge in [-0.05, 0) is 48.9 Å². The number of amides is 1. The van der Waals surface area contributed by atoms with E-state index in [1.807, 2.05) is 19.1 Å². The Bertz CT molecular complexity index is 557. The monoisotopic (exact) mass is 273 g/mol. The van der Waals surface area contributed by atoms with E-state index in [4.69, 9.17) is 0 Å². The Labute approximate surface area is 117 Å². The number of pyridine rings is 1. The second-order valence-electron chi connectivity index (χ2n) is 4.44. The maximum Gasteiger partial charge on any atom is 0.238 e. The van der Waals surface area contributed by atoms with E-state index < -0.39 is 0 Å². The maximum atomic E-state index is 12.7. The molecule has 0 aliphatic rings. The van der Waals surface area contributed by atoms with Crippen LogP contribution in [0.3, 0.4) is 0 Å². The molecule has 0 bridgehead atoms. The summed E-state index contributed by atoms with van der Waals surface area (Å²) in [5, 5.41) is 5.81. The molecule has 0 saturated carbocycles. The number of aromatic nitrogens is 1. The molecule has 20 heavy (non-hydrogen) atoms. The van der Waals surface area contributed by atoms with Crippen LogP contribution < -0.4 is 10.6 Å². The summed E-state index contributed by atoms with van der Waals surface area (Å²) < 4.78 is 12.7. The van der Waals surface area contributed by atoms with Gasteiger partial charge in [0.15, 0.2) is 0 Å². The lowest BCUT2D eigenvalue weighted by Crippen LogP contribution is -2.30. The van der Waals surface area contributed by atoms with Crippen molar-refractivity contribution in [3.8, 4) is 0 Å². The molecule has 2 N–H and O–H groups in total. The predicted octanol–water partition coefficient (Wildman–Crippen LogP) is 2.51. The second-order valence-corrected chi connectivity index (χ2v) is 4.44. The van der Waals surface area contributed by atoms with Gasteiger partial charge < -0.3 is 10.6 Å². The molecule has 5 heteroatoms. The van der Waals surface area contributed by atoms with Crippen LogP contribution in [0.25, 0.3) is 0 Å². The Morgan fingerprint density at radius 1 is 1.20 bits per heavy atom. The highest BCUT2D eigenvalue weighted by molar-refractivity contribution is 5.92. The zero-order valence-corrected chi connectivity index (χ0v) is 11.1. The van der Waals surface area contributed by atoms with Gasteiger partial charge in [-0.25, -0.2) is 4.39 Å². The van der Waals surface area contributed by atoms with E-state index in [1.165, 1.54) is 24.3 Å². The molecular weight excluding hydrogens is 257 g/mol. The van der Waals surface area contributed by atoms with Crippen molar-refractivity contribution in [2.24, 2.45) is 0 Å². The fourth-order valence-corrected chi connectivity index (χ4v) is 1.75. The number of nitrogens with one attached hydrogen (secondary N) is 2. The Hall–Kier alpha value is -2.27. The Morgan fingerprint density at radius 2 is 1.85 bits per heavy atom. The van der Waals surface area contributed by atoms with Crippen LogP contribution in [-0.2, 0) is 4.79 Å². The van der Waals surface area contributed by atoms with E-state index in [2.05, 4.69) is 15.6 Å². The first-order valence-electron chi connectivity index (χ1n) is 6.34. The topological polar surface area (TPSA) is 54.0 Å². The van der Waals surface area contributed by atoms with Crippen molar-refractivity contribution >= 4 is 11.6 Å². The van der Waals surface area contributed by atoms with Gasteiger partial charge in [0.05, 0.1) is 6.54 Å². The summed E-state index contributed by atoms with van der Waals surface area (Å²) >= 11 is 0. The SMILES string of the molecule is C[C@@H](NCC(=O)Nc1ccc(F)cc1)c1ccncc1. The molecule has 4 nitrogen and oxygen atoms in total. The van der Waals surface area contributed by atoms with Gasteiger partial charge >= 0.3 is 0 Å². The molecule has 1 aromatic heterocycles. The second kappa shape index (κ2) is 6.77. The van der Waals surface area contributed by atoms with Crippen molar-refractivity contribution in [1.82, 2.24) is 10.3 Å². The minimum absolute atomic E-state index is 0.0527. The third-order valence-electron chi connectivity index (χ3n) is 2.90. The number of nitrogens with zero attached hydrogens (tertiary/aromatic N) is 1. The van der Waals surface area contributed by atoms with E-state index in [-0.39, 0.29) is 24.3 Å². The average molecular weight is 273 g/mol. The van der Waals surface area contributed by atoms with Crippen molar-refractivity contribution in [1.29, 1.82) is 0 Å². The van der Waals surface area contributed by atoms with Crippen molar-refractivity contribution in [3.63, 3.8) is 0 Å². The smallest absolute Gasteiger partial charge is 0.238 e. The van der Waals surface area contributed by atoms with Crippen LogP contribution in [0.15, 0.2) is 48.8 Å². The molecule has 0 spiro atoms. The molecule has 1 heterocycles. The molecule has 0 unspecified atom stereocenters. The first kappa shape index (κ1) is 14.1. The number of anilines is 1. The van der Waals surface area contributed by atoms with Crippen LogP contribution in [0, 0.1) is 5.82 Å². The van der Waals surface area contributed by atoms with Gasteiger partial charge in [-0.1, -0.05) is 0 Å². The van der Waals surface area contributed by atoms with E-state index in [9.17, 15) is 9.18 Å². The van der Waals surface area contributed by atoms with Crippen LogP contribution in [0.5, 0.6) is 0 Å². The number of hydrogen-bond donors (Lipinski definition) is 2. The predicted molar refractivity (Wildman–Crippen MR) is 75.7 cm³/mol. The number of halogens is 1. The van der Waals surface area contributed by atoms with E-state index in [0.717, 1.165) is 5.56 Å². The fraction of sp³-hybridized carbons (Fsp3) is 0.200. The third kappa shape index (κ3) is 4.13. The molecule has 1 atom stereocenters. The first-order chi connectivity index (χ1) is 9.65. The summed E-state index contributed by atoms with van der Waals surface area (Å²) in [4.78, 5) is 15.7. The van der Waals surface area contributed by atoms with Crippen molar-refractivity contribution in [3.05, 3.63) is 60.2 Å². The highest BCUT2D eigenvalue weighted by Crippen LogP contribution is 2.10. The van der Waals surface area contributed by atoms with Crippen LogP contribution in [0.4, 0.5) is 10.1 Å². The van der Waals surface area contributed by atoms with E-state index in [0.29, 0.717) is 5.69 Å². The minimum atomic E-state index is -0.326. The summed E-state index contributed by atoms with van der Waals surface area (Å²) in [6.45, 7) is 2.15. The maximum absolute atomic E-state index is 12.7. The van der Waals surface area contributed by atoms with Gasteiger partial charge in [0, 0.05) is 24.1 Å². The third-order valence-corrected chi connectivity index (χ3v) is 2.90. The molecule has 0 aliphatic heterocycles. The Morgan fingerprint density at radius 3 is 2.50 bits per heavy atom. The van der Waals surface area contributed by atoms with Crippen LogP contribution in [-0.4, -0.2) is 17.4 Å². The van der Waals surface area contributed by atoms with Crippen LogP contribution in [0.2, 0.25) is 0 Å². The Kier molecular flexibility index (Phi) is 4.79. The van der Waals surface area contributed by atoms with Crippen molar-refractivity contribution in [2.45, 2.75) is 13.0 Å². The largest absolute Gasteiger partial charge is 0.325 e. The minimum Gasteiger partial charge on any atom is -0.325 e. The molecule has 0 radical (unpaired) electrons. The van der Waals surface area contributed by atoms with Crippen molar-refractivity contribution < 1.29 is 9.18 Å². The summed E-state index contributed by atoms with van der Waals surface area (Å²) in [6, 6.07) is 9.52. The molecular formula is C15H16FN3O. The summed E-state index contributed by atoms with van der Waals surface area (Å²) in [5.74, 6) is -0.495.